The van der Waals surface area contributed by atoms with Crippen molar-refractivity contribution in [2.24, 2.45) is 5.92 Å². The molecule has 0 saturated carbocycles. The van der Waals surface area contributed by atoms with Gasteiger partial charge in [0.25, 0.3) is 0 Å². The van der Waals surface area contributed by atoms with E-state index in [-0.39, 0.29) is 24.5 Å². The Morgan fingerprint density at radius 3 is 2.48 bits per heavy atom. The van der Waals surface area contributed by atoms with Gasteiger partial charge in [-0.2, -0.15) is 0 Å². The highest BCUT2D eigenvalue weighted by Gasteiger charge is 2.52. The third kappa shape index (κ3) is 4.18. The maximum atomic E-state index is 13.4. The van der Waals surface area contributed by atoms with Crippen LogP contribution >= 0.6 is 0 Å². The van der Waals surface area contributed by atoms with Crippen LogP contribution in [0.3, 0.4) is 0 Å². The molecule has 1 aromatic carbocycles. The van der Waals surface area contributed by atoms with E-state index in [1.165, 1.54) is 34.9 Å². The van der Waals surface area contributed by atoms with Crippen molar-refractivity contribution in [2.75, 3.05) is 6.61 Å². The van der Waals surface area contributed by atoms with Crippen LogP contribution in [-0.4, -0.2) is 31.6 Å². The lowest BCUT2D eigenvalue weighted by Gasteiger charge is -2.22. The largest absolute Gasteiger partial charge is 0.446 e. The number of imide groups is 1. The topological polar surface area (TPSA) is 46.6 Å². The van der Waals surface area contributed by atoms with Crippen molar-refractivity contribution in [3.05, 3.63) is 46.7 Å². The number of carbonyl (C=O) groups is 2. The van der Waals surface area contributed by atoms with Gasteiger partial charge in [-0.05, 0) is 18.4 Å². The van der Waals surface area contributed by atoms with Gasteiger partial charge in [0.2, 0.25) is 5.91 Å². The van der Waals surface area contributed by atoms with Crippen LogP contribution in [0.1, 0.15) is 50.6 Å². The molecule has 1 aromatic rings. The maximum Gasteiger partial charge on any atom is 0.417 e. The zero-order valence-electron chi connectivity index (χ0n) is 17.0. The molecule has 5 heteroatoms. The Morgan fingerprint density at radius 1 is 1.15 bits per heavy atom. The molecule has 1 aliphatic carbocycles. The normalized spacial score (nSPS) is 22.2. The molecule has 3 rings (SSSR count). The second-order valence-corrected chi connectivity index (χ2v) is 13.7. The van der Waals surface area contributed by atoms with Crippen LogP contribution in [-0.2, 0) is 9.53 Å². The van der Waals surface area contributed by atoms with Crippen molar-refractivity contribution in [1.82, 2.24) is 4.90 Å². The number of nitrogens with zero attached hydrogens (tertiary/aromatic N) is 1. The molecule has 0 unspecified atom stereocenters. The van der Waals surface area contributed by atoms with Gasteiger partial charge >= 0.3 is 6.09 Å². The Bertz CT molecular complexity index is 736. The number of hydrogen-bond acceptors (Lipinski definition) is 3. The summed E-state index contributed by atoms with van der Waals surface area (Å²) in [4.78, 5) is 27.1. The van der Waals surface area contributed by atoms with E-state index >= 15 is 0 Å². The van der Waals surface area contributed by atoms with Gasteiger partial charge in [0.1, 0.15) is 12.6 Å². The van der Waals surface area contributed by atoms with E-state index in [0.29, 0.717) is 0 Å². The van der Waals surface area contributed by atoms with Gasteiger partial charge in [-0.1, -0.05) is 86.9 Å². The SMILES string of the molecule is CCCCCCC1=C([Si](C)(C)C)[C@H]1C(=O)N1C(=O)OC[C@@H]1c1ccccc1. The van der Waals surface area contributed by atoms with E-state index in [4.69, 9.17) is 4.74 Å². The monoisotopic (exact) mass is 385 g/mol. The third-order valence-corrected chi connectivity index (χ3v) is 7.78. The average molecular weight is 386 g/mol. The van der Waals surface area contributed by atoms with Crippen molar-refractivity contribution >= 4 is 20.1 Å². The first-order valence-electron chi connectivity index (χ1n) is 10.1. The van der Waals surface area contributed by atoms with Gasteiger partial charge in [0.15, 0.2) is 0 Å². The van der Waals surface area contributed by atoms with Crippen LogP contribution in [0.5, 0.6) is 0 Å². The summed E-state index contributed by atoms with van der Waals surface area (Å²) < 4.78 is 5.26. The van der Waals surface area contributed by atoms with Crippen molar-refractivity contribution in [2.45, 2.75) is 64.7 Å². The zero-order valence-corrected chi connectivity index (χ0v) is 18.0. The Balaban J connectivity index is 1.76. The number of amides is 2. The van der Waals surface area contributed by atoms with Crippen LogP contribution < -0.4 is 0 Å². The molecule has 1 aliphatic heterocycles. The lowest BCUT2D eigenvalue weighted by atomic mass is 10.1. The Labute approximate surface area is 163 Å². The first kappa shape index (κ1) is 19.9. The number of hydrogen-bond donors (Lipinski definition) is 0. The molecule has 0 spiro atoms. The van der Waals surface area contributed by atoms with E-state index in [2.05, 4.69) is 26.6 Å². The number of benzene rings is 1. The first-order chi connectivity index (χ1) is 12.9. The maximum absolute atomic E-state index is 13.4. The molecule has 27 heavy (non-hydrogen) atoms. The van der Waals surface area contributed by atoms with Crippen LogP contribution in [0.2, 0.25) is 19.6 Å². The number of ether oxygens (including phenoxy) is 1. The van der Waals surface area contributed by atoms with Crippen LogP contribution in [0.4, 0.5) is 4.79 Å². The van der Waals surface area contributed by atoms with Crippen LogP contribution in [0, 0.1) is 5.92 Å². The highest BCUT2D eigenvalue weighted by Crippen LogP contribution is 2.50. The zero-order chi connectivity index (χ0) is 19.6. The Kier molecular flexibility index (Phi) is 5.89. The molecule has 146 valence electrons. The molecule has 2 aliphatic rings. The minimum absolute atomic E-state index is 0.0748. The van der Waals surface area contributed by atoms with E-state index in [1.54, 1.807) is 0 Å². The summed E-state index contributed by atoms with van der Waals surface area (Å²) >= 11 is 0. The number of cyclic esters (lactones) is 1. The molecular formula is C22H31NO3Si. The lowest BCUT2D eigenvalue weighted by molar-refractivity contribution is -0.130. The first-order valence-corrected chi connectivity index (χ1v) is 13.6. The van der Waals surface area contributed by atoms with E-state index in [1.807, 2.05) is 30.3 Å². The number of carbonyl (C=O) groups excluding carboxylic acids is 2. The minimum Gasteiger partial charge on any atom is -0.446 e. The van der Waals surface area contributed by atoms with Crippen LogP contribution in [0.15, 0.2) is 41.1 Å². The average Bonchev–Trinajstić information content (AvgIpc) is 3.25. The summed E-state index contributed by atoms with van der Waals surface area (Å²) in [5.74, 6) is -0.232. The van der Waals surface area contributed by atoms with Crippen molar-refractivity contribution in [1.29, 1.82) is 0 Å². The summed E-state index contributed by atoms with van der Waals surface area (Å²) in [6.07, 6.45) is 5.28. The molecule has 0 radical (unpaired) electrons. The lowest BCUT2D eigenvalue weighted by Crippen LogP contribution is -2.37. The summed E-state index contributed by atoms with van der Waals surface area (Å²) in [7, 11) is -1.58. The van der Waals surface area contributed by atoms with Crippen molar-refractivity contribution < 1.29 is 14.3 Å². The fourth-order valence-corrected chi connectivity index (χ4v) is 6.52. The molecule has 1 fully saturated rings. The van der Waals surface area contributed by atoms with Crippen molar-refractivity contribution in [3.63, 3.8) is 0 Å². The molecule has 2 atom stereocenters. The molecule has 2 amide bonds. The molecule has 1 saturated heterocycles. The summed E-state index contributed by atoms with van der Waals surface area (Å²) in [6.45, 7) is 9.32. The quantitative estimate of drug-likeness (QED) is 0.440. The Morgan fingerprint density at radius 2 is 1.85 bits per heavy atom. The second-order valence-electron chi connectivity index (χ2n) is 8.64. The highest BCUT2D eigenvalue weighted by atomic mass is 28.3. The smallest absolute Gasteiger partial charge is 0.417 e. The summed E-state index contributed by atoms with van der Waals surface area (Å²) in [5, 5.41) is 1.36. The third-order valence-electron chi connectivity index (χ3n) is 5.55. The van der Waals surface area contributed by atoms with E-state index in [0.717, 1.165) is 18.4 Å². The fraction of sp³-hybridized carbons (Fsp3) is 0.545. The van der Waals surface area contributed by atoms with Gasteiger partial charge in [0.05, 0.1) is 14.0 Å². The standard InChI is InChI=1S/C22H31NO3Si/c1-5-6-7-11-14-17-19(20(17)27(2,3)4)21(24)23-18(15-26-22(23)25)16-12-9-8-10-13-16/h8-10,12-13,18-19H,5-7,11,14-15H2,1-4H3/t18-,19+/m1/s1. The summed E-state index contributed by atoms with van der Waals surface area (Å²) in [6, 6.07) is 9.41. The van der Waals surface area contributed by atoms with Gasteiger partial charge in [-0.25, -0.2) is 9.69 Å². The molecule has 4 nitrogen and oxygen atoms in total. The molecule has 0 bridgehead atoms. The van der Waals surface area contributed by atoms with Gasteiger partial charge in [-0.15, -0.1) is 0 Å². The molecule has 1 heterocycles. The molecule has 0 N–H and O–H groups in total. The number of unbranched alkanes of at least 4 members (excludes halogenated alkanes) is 3. The predicted octanol–water partition coefficient (Wildman–Crippen LogP) is 5.48. The molecule has 0 aromatic heterocycles. The predicted molar refractivity (Wildman–Crippen MR) is 110 cm³/mol. The van der Waals surface area contributed by atoms with Crippen LogP contribution in [0.25, 0.3) is 0 Å². The minimum atomic E-state index is -1.58. The highest BCUT2D eigenvalue weighted by molar-refractivity contribution is 6.85. The van der Waals surface area contributed by atoms with Gasteiger partial charge in [-0.3, -0.25) is 4.79 Å². The van der Waals surface area contributed by atoms with E-state index < -0.39 is 14.2 Å². The van der Waals surface area contributed by atoms with E-state index in [9.17, 15) is 9.59 Å². The number of rotatable bonds is 8. The van der Waals surface area contributed by atoms with Gasteiger partial charge in [0, 0.05) is 0 Å². The fourth-order valence-electron chi connectivity index (χ4n) is 4.20. The van der Waals surface area contributed by atoms with Crippen molar-refractivity contribution in [3.8, 4) is 0 Å². The second kappa shape index (κ2) is 8.01. The van der Waals surface area contributed by atoms with Gasteiger partial charge < -0.3 is 4.74 Å². The Hall–Kier alpha value is -1.88. The molecular weight excluding hydrogens is 354 g/mol. The summed E-state index contributed by atoms with van der Waals surface area (Å²) in [5.41, 5.74) is 2.26.